The van der Waals surface area contributed by atoms with Crippen LogP contribution in [0.15, 0.2) is 24.1 Å². The van der Waals surface area contributed by atoms with E-state index in [1.54, 1.807) is 24.1 Å². The van der Waals surface area contributed by atoms with Gasteiger partial charge in [0.1, 0.15) is 5.75 Å². The molecular weight excluding hydrogens is 401 g/mol. The number of ether oxygens (including phenoxy) is 1. The molecule has 1 aliphatic heterocycles. The fourth-order valence-electron chi connectivity index (χ4n) is 2.59. The minimum atomic E-state index is -3.46. The van der Waals surface area contributed by atoms with Crippen LogP contribution in [-0.4, -0.2) is 52.0 Å². The molecule has 7 nitrogen and oxygen atoms in total. The fourth-order valence-corrected chi connectivity index (χ4v) is 3.92. The zero-order chi connectivity index (χ0) is 19.3. The maximum Gasteiger partial charge on any atom is 0.260 e. The Labute approximate surface area is 163 Å². The van der Waals surface area contributed by atoms with E-state index < -0.39 is 10.0 Å². The molecule has 1 fully saturated rings. The average Bonchev–Trinajstić information content (AvgIpc) is 2.61. The number of amides is 1. The Morgan fingerprint density at radius 3 is 2.58 bits per heavy atom. The highest BCUT2D eigenvalue weighted by atomic mass is 35.5. The molecule has 1 aromatic rings. The molecule has 144 valence electrons. The molecule has 10 heteroatoms. The van der Waals surface area contributed by atoms with E-state index >= 15 is 0 Å². The van der Waals surface area contributed by atoms with Crippen molar-refractivity contribution in [2.45, 2.75) is 18.9 Å². The number of anilines is 1. The zero-order valence-corrected chi connectivity index (χ0v) is 16.6. The quantitative estimate of drug-likeness (QED) is 0.705. The lowest BCUT2D eigenvalue weighted by Gasteiger charge is -2.32. The van der Waals surface area contributed by atoms with Crippen LogP contribution in [0.2, 0.25) is 10.0 Å². The Hall–Kier alpha value is -1.48. The Morgan fingerprint density at radius 1 is 1.35 bits per heavy atom. The molecule has 2 N–H and O–H groups in total. The monoisotopic (exact) mass is 421 g/mol. The maximum absolute atomic E-state index is 12.3. The highest BCUT2D eigenvalue weighted by Crippen LogP contribution is 2.34. The third-order valence-electron chi connectivity index (χ3n) is 4.04. The first-order chi connectivity index (χ1) is 12.3. The minimum Gasteiger partial charge on any atom is -0.482 e. The number of hydrogen-bond donors (Lipinski definition) is 2. The van der Waals surface area contributed by atoms with E-state index in [1.165, 1.54) is 0 Å². The molecule has 0 spiro atoms. The highest BCUT2D eigenvalue weighted by molar-refractivity contribution is 7.92. The van der Waals surface area contributed by atoms with E-state index in [-0.39, 0.29) is 18.6 Å². The first kappa shape index (κ1) is 20.8. The molecule has 1 aromatic carbocycles. The number of sulfonamides is 1. The third-order valence-corrected chi connectivity index (χ3v) is 5.75. The largest absolute Gasteiger partial charge is 0.482 e. The summed E-state index contributed by atoms with van der Waals surface area (Å²) in [4.78, 5) is 14.0. The Bertz CT molecular complexity index is 778. The van der Waals surface area contributed by atoms with Gasteiger partial charge in [0.05, 0.1) is 15.7 Å². The highest BCUT2D eigenvalue weighted by Gasteiger charge is 2.25. The van der Waals surface area contributed by atoms with Crippen molar-refractivity contribution in [1.29, 1.82) is 0 Å². The van der Waals surface area contributed by atoms with E-state index in [0.29, 0.717) is 47.4 Å². The Balaban J connectivity index is 1.87. The molecule has 1 amide bonds. The Kier molecular flexibility index (Phi) is 7.16. The summed E-state index contributed by atoms with van der Waals surface area (Å²) in [5.74, 6) is 0.175. The van der Waals surface area contributed by atoms with Crippen molar-refractivity contribution >= 4 is 44.8 Å². The average molecular weight is 422 g/mol. The van der Waals surface area contributed by atoms with E-state index in [4.69, 9.17) is 27.9 Å². The van der Waals surface area contributed by atoms with E-state index in [9.17, 15) is 13.2 Å². The smallest absolute Gasteiger partial charge is 0.260 e. The molecule has 26 heavy (non-hydrogen) atoms. The van der Waals surface area contributed by atoms with Crippen molar-refractivity contribution in [3.8, 4) is 5.75 Å². The summed E-state index contributed by atoms with van der Waals surface area (Å²) in [6, 6.07) is 2.98. The number of hydrogen-bond acceptors (Lipinski definition) is 5. The van der Waals surface area contributed by atoms with Gasteiger partial charge in [0, 0.05) is 37.7 Å². The van der Waals surface area contributed by atoms with Crippen molar-refractivity contribution in [3.63, 3.8) is 0 Å². The fraction of sp³-hybridized carbons (Fsp3) is 0.438. The van der Waals surface area contributed by atoms with Crippen LogP contribution in [0, 0.1) is 0 Å². The van der Waals surface area contributed by atoms with Crippen LogP contribution in [0.3, 0.4) is 0 Å². The van der Waals surface area contributed by atoms with E-state index in [2.05, 4.69) is 16.6 Å². The summed E-state index contributed by atoms with van der Waals surface area (Å²) in [6.45, 7) is 4.00. The van der Waals surface area contributed by atoms with Gasteiger partial charge in [0.25, 0.3) is 5.91 Å². The molecule has 0 saturated carbocycles. The van der Waals surface area contributed by atoms with Gasteiger partial charge in [-0.1, -0.05) is 29.8 Å². The SMILES string of the molecule is C=CS(=O)(=O)NC1CCN(C(=O)COc2cc(NC)c(Cl)cc2Cl)CC1. The standard InChI is InChI=1S/C16H21Cl2N3O4S/c1-3-26(23,24)20-11-4-6-21(7-5-11)16(22)10-25-15-9-14(19-2)12(17)8-13(15)18/h3,8-9,11,19-20H,1,4-7,10H2,2H3. The van der Waals surface area contributed by atoms with Gasteiger partial charge >= 0.3 is 0 Å². The molecule has 0 aliphatic carbocycles. The molecule has 1 saturated heterocycles. The minimum absolute atomic E-state index is 0.159. The van der Waals surface area contributed by atoms with Crippen LogP contribution in [-0.2, 0) is 14.8 Å². The molecule has 0 unspecified atom stereocenters. The summed E-state index contributed by atoms with van der Waals surface area (Å²) < 4.78 is 31.1. The van der Waals surface area contributed by atoms with Gasteiger partial charge in [-0.2, -0.15) is 0 Å². The Morgan fingerprint density at radius 2 is 2.00 bits per heavy atom. The van der Waals surface area contributed by atoms with Crippen LogP contribution in [0.4, 0.5) is 5.69 Å². The molecule has 0 aromatic heterocycles. The predicted octanol–water partition coefficient (Wildman–Crippen LogP) is 2.47. The lowest BCUT2D eigenvalue weighted by molar-refractivity contribution is -0.134. The number of rotatable bonds is 7. The summed E-state index contributed by atoms with van der Waals surface area (Å²) >= 11 is 12.1. The van der Waals surface area contributed by atoms with Crippen molar-refractivity contribution in [1.82, 2.24) is 9.62 Å². The number of halogens is 2. The molecule has 0 atom stereocenters. The van der Waals surface area contributed by atoms with Crippen LogP contribution in [0.5, 0.6) is 5.75 Å². The van der Waals surface area contributed by atoms with E-state index in [1.807, 2.05) is 0 Å². The number of carbonyl (C=O) groups is 1. The van der Waals surface area contributed by atoms with Crippen LogP contribution in [0.25, 0.3) is 0 Å². The molecule has 1 aliphatic rings. The normalized spacial score (nSPS) is 15.6. The molecule has 1 heterocycles. The molecule has 0 radical (unpaired) electrons. The number of nitrogens with zero attached hydrogens (tertiary/aromatic N) is 1. The van der Waals surface area contributed by atoms with E-state index in [0.717, 1.165) is 5.41 Å². The first-order valence-electron chi connectivity index (χ1n) is 7.98. The van der Waals surface area contributed by atoms with Crippen molar-refractivity contribution in [2.24, 2.45) is 0 Å². The second-order valence-corrected chi connectivity index (χ2v) is 8.26. The second-order valence-electron chi connectivity index (χ2n) is 5.79. The first-order valence-corrected chi connectivity index (χ1v) is 10.3. The number of nitrogens with one attached hydrogen (secondary N) is 2. The number of likely N-dealkylation sites (tertiary alicyclic amines) is 1. The van der Waals surface area contributed by atoms with Gasteiger partial charge in [-0.15, -0.1) is 0 Å². The summed E-state index contributed by atoms with van der Waals surface area (Å²) in [5.41, 5.74) is 0.647. The lowest BCUT2D eigenvalue weighted by atomic mass is 10.1. The van der Waals surface area contributed by atoms with Gasteiger partial charge in [-0.3, -0.25) is 4.79 Å². The number of piperidine rings is 1. The van der Waals surface area contributed by atoms with Crippen molar-refractivity contribution in [2.75, 3.05) is 32.1 Å². The second kappa shape index (κ2) is 8.94. The van der Waals surface area contributed by atoms with Crippen molar-refractivity contribution < 1.29 is 17.9 Å². The van der Waals surface area contributed by atoms with Crippen LogP contribution >= 0.6 is 23.2 Å². The third kappa shape index (κ3) is 5.51. The van der Waals surface area contributed by atoms with Gasteiger partial charge in [0.2, 0.25) is 10.0 Å². The predicted molar refractivity (Wildman–Crippen MR) is 103 cm³/mol. The molecular formula is C16H21Cl2N3O4S. The number of benzene rings is 1. The van der Waals surface area contributed by atoms with Crippen LogP contribution < -0.4 is 14.8 Å². The molecule has 2 rings (SSSR count). The van der Waals surface area contributed by atoms with Gasteiger partial charge < -0.3 is 15.0 Å². The molecule has 0 bridgehead atoms. The summed E-state index contributed by atoms with van der Waals surface area (Å²) in [5, 5.41) is 4.57. The summed E-state index contributed by atoms with van der Waals surface area (Å²) in [7, 11) is -1.75. The number of carbonyl (C=O) groups excluding carboxylic acids is 1. The van der Waals surface area contributed by atoms with Crippen LogP contribution in [0.1, 0.15) is 12.8 Å². The van der Waals surface area contributed by atoms with Gasteiger partial charge in [0.15, 0.2) is 6.61 Å². The van der Waals surface area contributed by atoms with Crippen molar-refractivity contribution in [3.05, 3.63) is 34.2 Å². The van der Waals surface area contributed by atoms with Gasteiger partial charge in [-0.05, 0) is 18.9 Å². The zero-order valence-electron chi connectivity index (χ0n) is 14.3. The topological polar surface area (TPSA) is 87.7 Å². The lowest BCUT2D eigenvalue weighted by Crippen LogP contribution is -2.47. The summed E-state index contributed by atoms with van der Waals surface area (Å²) in [6.07, 6.45) is 1.06. The van der Waals surface area contributed by atoms with Gasteiger partial charge in [-0.25, -0.2) is 13.1 Å². The maximum atomic E-state index is 12.3.